The Morgan fingerprint density at radius 1 is 1.09 bits per heavy atom. The molecule has 0 aromatic carbocycles. The molecule has 2 N–H and O–H groups in total. The minimum atomic E-state index is 0.224. The monoisotopic (exact) mass is 156 g/mol. The Morgan fingerprint density at radius 3 is 2.73 bits per heavy atom. The normalized spacial score (nSPS) is 30.5. The van der Waals surface area contributed by atoms with Gasteiger partial charge in [0.1, 0.15) is 0 Å². The molecule has 0 saturated carbocycles. The maximum absolute atomic E-state index is 5.78. The van der Waals surface area contributed by atoms with Gasteiger partial charge in [-0.3, -0.25) is 0 Å². The smallest absolute Gasteiger partial charge is 0.0930 e. The first kappa shape index (κ1) is 7.53. The van der Waals surface area contributed by atoms with Crippen LogP contribution < -0.4 is 10.6 Å². The Kier molecular flexibility index (Phi) is 2.11. The van der Waals surface area contributed by atoms with Crippen LogP contribution in [0.15, 0.2) is 0 Å². The first-order valence-corrected chi connectivity index (χ1v) is 4.47. The molecular formula is C8H16N2O. The van der Waals surface area contributed by atoms with Crippen molar-refractivity contribution in [2.75, 3.05) is 32.8 Å². The van der Waals surface area contributed by atoms with E-state index in [-0.39, 0.29) is 5.60 Å². The predicted molar refractivity (Wildman–Crippen MR) is 43.7 cm³/mol. The lowest BCUT2D eigenvalue weighted by atomic mass is 9.90. The van der Waals surface area contributed by atoms with Crippen molar-refractivity contribution in [1.82, 2.24) is 10.6 Å². The molecule has 0 radical (unpaired) electrons. The molecule has 2 aliphatic heterocycles. The van der Waals surface area contributed by atoms with Crippen LogP contribution in [0.1, 0.15) is 12.8 Å². The van der Waals surface area contributed by atoms with Crippen molar-refractivity contribution in [1.29, 1.82) is 0 Å². The molecule has 1 spiro atoms. The molecule has 3 heteroatoms. The average Bonchev–Trinajstić information content (AvgIpc) is 1.82. The highest BCUT2D eigenvalue weighted by Gasteiger charge is 2.37. The molecule has 0 bridgehead atoms. The molecule has 0 aromatic heterocycles. The second kappa shape index (κ2) is 3.09. The fraction of sp³-hybridized carbons (Fsp3) is 1.00. The lowest BCUT2D eigenvalue weighted by Crippen LogP contribution is -2.62. The topological polar surface area (TPSA) is 33.3 Å². The molecule has 2 heterocycles. The second-order valence-electron chi connectivity index (χ2n) is 3.49. The Labute approximate surface area is 67.5 Å². The fourth-order valence-corrected chi connectivity index (χ4v) is 1.76. The molecule has 0 unspecified atom stereocenters. The van der Waals surface area contributed by atoms with Crippen LogP contribution in [0, 0.1) is 0 Å². The van der Waals surface area contributed by atoms with Gasteiger partial charge in [0.2, 0.25) is 0 Å². The fourth-order valence-electron chi connectivity index (χ4n) is 1.76. The molecule has 11 heavy (non-hydrogen) atoms. The maximum Gasteiger partial charge on any atom is 0.0930 e. The van der Waals surface area contributed by atoms with E-state index < -0.39 is 0 Å². The summed E-state index contributed by atoms with van der Waals surface area (Å²) in [6.07, 6.45) is 2.47. The van der Waals surface area contributed by atoms with Crippen molar-refractivity contribution in [3.8, 4) is 0 Å². The molecule has 0 aliphatic carbocycles. The van der Waals surface area contributed by atoms with Gasteiger partial charge >= 0.3 is 0 Å². The van der Waals surface area contributed by atoms with E-state index in [1.807, 2.05) is 0 Å². The zero-order valence-electron chi connectivity index (χ0n) is 6.86. The van der Waals surface area contributed by atoms with Gasteiger partial charge in [-0.05, 0) is 19.4 Å². The summed E-state index contributed by atoms with van der Waals surface area (Å²) in [6, 6.07) is 0. The van der Waals surface area contributed by atoms with Crippen LogP contribution in [0.3, 0.4) is 0 Å². The van der Waals surface area contributed by atoms with E-state index >= 15 is 0 Å². The van der Waals surface area contributed by atoms with Crippen LogP contribution in [0.5, 0.6) is 0 Å². The third-order valence-corrected chi connectivity index (χ3v) is 2.57. The quantitative estimate of drug-likeness (QED) is 0.506. The van der Waals surface area contributed by atoms with E-state index in [1.165, 1.54) is 12.8 Å². The van der Waals surface area contributed by atoms with Gasteiger partial charge < -0.3 is 15.4 Å². The molecule has 0 aromatic rings. The summed E-state index contributed by atoms with van der Waals surface area (Å²) in [5.41, 5.74) is 0.224. The zero-order valence-corrected chi connectivity index (χ0v) is 6.86. The van der Waals surface area contributed by atoms with Crippen LogP contribution in [0.2, 0.25) is 0 Å². The molecule has 0 atom stereocenters. The average molecular weight is 156 g/mol. The summed E-state index contributed by atoms with van der Waals surface area (Å²) >= 11 is 0. The van der Waals surface area contributed by atoms with Gasteiger partial charge in [-0.2, -0.15) is 0 Å². The summed E-state index contributed by atoms with van der Waals surface area (Å²) in [5, 5.41) is 6.60. The van der Waals surface area contributed by atoms with Gasteiger partial charge in [0.25, 0.3) is 0 Å². The van der Waals surface area contributed by atoms with E-state index in [9.17, 15) is 0 Å². The highest BCUT2D eigenvalue weighted by atomic mass is 16.5. The van der Waals surface area contributed by atoms with Gasteiger partial charge in [0, 0.05) is 19.6 Å². The third kappa shape index (κ3) is 1.55. The lowest BCUT2D eigenvalue weighted by molar-refractivity contribution is -0.0898. The molecule has 2 saturated heterocycles. The minimum Gasteiger partial charge on any atom is -0.371 e. The number of nitrogens with one attached hydrogen (secondary N) is 2. The van der Waals surface area contributed by atoms with Crippen molar-refractivity contribution in [2.45, 2.75) is 18.4 Å². The highest BCUT2D eigenvalue weighted by Crippen LogP contribution is 2.23. The molecule has 64 valence electrons. The van der Waals surface area contributed by atoms with E-state index in [0.29, 0.717) is 0 Å². The van der Waals surface area contributed by atoms with Crippen molar-refractivity contribution in [3.63, 3.8) is 0 Å². The predicted octanol–water partition coefficient (Wildman–Crippen LogP) is -0.272. The number of hydrogen-bond donors (Lipinski definition) is 2. The minimum absolute atomic E-state index is 0.224. The van der Waals surface area contributed by atoms with E-state index in [4.69, 9.17) is 4.74 Å². The standard InChI is InChI=1S/C8H16N2O/c1-2-8(6-10-7-8)11-5-4-9-3-1/h9-10H,1-7H2. The van der Waals surface area contributed by atoms with Crippen LogP contribution in [0.4, 0.5) is 0 Å². The van der Waals surface area contributed by atoms with Gasteiger partial charge in [0.15, 0.2) is 0 Å². The Hall–Kier alpha value is -0.120. The molecular weight excluding hydrogens is 140 g/mol. The van der Waals surface area contributed by atoms with Crippen LogP contribution >= 0.6 is 0 Å². The van der Waals surface area contributed by atoms with Crippen LogP contribution in [0.25, 0.3) is 0 Å². The van der Waals surface area contributed by atoms with Gasteiger partial charge in [-0.25, -0.2) is 0 Å². The lowest BCUT2D eigenvalue weighted by Gasteiger charge is -2.43. The highest BCUT2D eigenvalue weighted by molar-refractivity contribution is 4.95. The molecule has 0 amide bonds. The summed E-state index contributed by atoms with van der Waals surface area (Å²) in [5.74, 6) is 0. The van der Waals surface area contributed by atoms with Crippen molar-refractivity contribution < 1.29 is 4.74 Å². The molecule has 2 fully saturated rings. The zero-order chi connectivity index (χ0) is 7.57. The molecule has 3 nitrogen and oxygen atoms in total. The Morgan fingerprint density at radius 2 is 2.00 bits per heavy atom. The Bertz CT molecular complexity index is 124. The molecule has 2 aliphatic rings. The van der Waals surface area contributed by atoms with Crippen molar-refractivity contribution >= 4 is 0 Å². The van der Waals surface area contributed by atoms with E-state index in [2.05, 4.69) is 10.6 Å². The molecule has 2 rings (SSSR count). The van der Waals surface area contributed by atoms with Crippen molar-refractivity contribution in [2.24, 2.45) is 0 Å². The van der Waals surface area contributed by atoms with Gasteiger partial charge in [0.05, 0.1) is 12.2 Å². The number of hydrogen-bond acceptors (Lipinski definition) is 3. The summed E-state index contributed by atoms with van der Waals surface area (Å²) in [6.45, 7) is 5.18. The summed E-state index contributed by atoms with van der Waals surface area (Å²) in [4.78, 5) is 0. The largest absolute Gasteiger partial charge is 0.371 e. The maximum atomic E-state index is 5.78. The number of ether oxygens (including phenoxy) is 1. The van der Waals surface area contributed by atoms with Gasteiger partial charge in [-0.1, -0.05) is 0 Å². The Balaban J connectivity index is 1.86. The van der Waals surface area contributed by atoms with Crippen molar-refractivity contribution in [3.05, 3.63) is 0 Å². The van der Waals surface area contributed by atoms with Crippen LogP contribution in [-0.4, -0.2) is 38.4 Å². The summed E-state index contributed by atoms with van der Waals surface area (Å²) < 4.78 is 5.78. The van der Waals surface area contributed by atoms with E-state index in [0.717, 1.165) is 32.8 Å². The third-order valence-electron chi connectivity index (χ3n) is 2.57. The first-order valence-electron chi connectivity index (χ1n) is 4.47. The SMILES string of the molecule is C1CNCCOC2(C1)CNC2. The summed E-state index contributed by atoms with van der Waals surface area (Å²) in [7, 11) is 0. The first-order chi connectivity index (χ1) is 5.41. The van der Waals surface area contributed by atoms with E-state index in [1.54, 1.807) is 0 Å². The van der Waals surface area contributed by atoms with Gasteiger partial charge in [-0.15, -0.1) is 0 Å². The van der Waals surface area contributed by atoms with Crippen LogP contribution in [-0.2, 0) is 4.74 Å². The second-order valence-corrected chi connectivity index (χ2v) is 3.49. The number of rotatable bonds is 0.